The van der Waals surface area contributed by atoms with Gasteiger partial charge in [-0.05, 0) is 43.5 Å². The van der Waals surface area contributed by atoms with Gasteiger partial charge in [-0.15, -0.1) is 0 Å². The van der Waals surface area contributed by atoms with E-state index in [9.17, 15) is 4.79 Å². The van der Waals surface area contributed by atoms with Crippen molar-refractivity contribution in [3.05, 3.63) is 35.7 Å². The number of hydrogen-bond donors (Lipinski definition) is 1. The molecular formula is C16H21N3O2. The lowest BCUT2D eigenvalue weighted by Crippen LogP contribution is -2.41. The van der Waals surface area contributed by atoms with E-state index in [0.717, 1.165) is 5.56 Å². The largest absolute Gasteiger partial charge is 0.349 e. The summed E-state index contributed by atoms with van der Waals surface area (Å²) in [7, 11) is 0. The summed E-state index contributed by atoms with van der Waals surface area (Å²) in [5.74, 6) is 0.971. The number of aromatic nitrogens is 2. The van der Waals surface area contributed by atoms with Crippen LogP contribution in [0.3, 0.4) is 0 Å². The molecule has 5 heteroatoms. The number of benzene rings is 1. The van der Waals surface area contributed by atoms with Crippen LogP contribution in [0.2, 0.25) is 0 Å². The number of rotatable bonds is 3. The van der Waals surface area contributed by atoms with Crippen molar-refractivity contribution in [1.29, 1.82) is 0 Å². The minimum Gasteiger partial charge on any atom is -0.349 e. The average molecular weight is 287 g/mol. The van der Waals surface area contributed by atoms with Gasteiger partial charge in [0.1, 0.15) is 0 Å². The lowest BCUT2D eigenvalue weighted by molar-refractivity contribution is 0.0910. The van der Waals surface area contributed by atoms with Gasteiger partial charge in [-0.3, -0.25) is 4.79 Å². The molecule has 1 aromatic heterocycles. The second-order valence-electron chi connectivity index (χ2n) is 6.29. The van der Waals surface area contributed by atoms with E-state index in [2.05, 4.69) is 36.2 Å². The zero-order valence-electron chi connectivity index (χ0n) is 13.1. The average Bonchev–Trinajstić information content (AvgIpc) is 2.84. The summed E-state index contributed by atoms with van der Waals surface area (Å²) >= 11 is 0. The molecule has 0 saturated heterocycles. The van der Waals surface area contributed by atoms with Crippen molar-refractivity contribution in [1.82, 2.24) is 15.5 Å². The van der Waals surface area contributed by atoms with Crippen LogP contribution in [0.25, 0.3) is 11.5 Å². The van der Waals surface area contributed by atoms with E-state index in [1.165, 1.54) is 0 Å². The summed E-state index contributed by atoms with van der Waals surface area (Å²) in [6, 6.07) is 7.23. The molecule has 0 aliphatic heterocycles. The molecule has 0 aliphatic rings. The van der Waals surface area contributed by atoms with Gasteiger partial charge in [0.25, 0.3) is 11.8 Å². The summed E-state index contributed by atoms with van der Waals surface area (Å²) in [6.45, 7) is 10.1. The van der Waals surface area contributed by atoms with Gasteiger partial charge < -0.3 is 9.84 Å². The quantitative estimate of drug-likeness (QED) is 0.941. The molecule has 0 radical (unpaired) electrons. The highest BCUT2D eigenvalue weighted by Crippen LogP contribution is 2.20. The zero-order valence-corrected chi connectivity index (χ0v) is 13.1. The molecule has 2 aromatic rings. The van der Waals surface area contributed by atoms with Crippen molar-refractivity contribution in [2.75, 3.05) is 0 Å². The van der Waals surface area contributed by atoms with E-state index >= 15 is 0 Å². The van der Waals surface area contributed by atoms with Gasteiger partial charge in [-0.25, -0.2) is 0 Å². The Morgan fingerprint density at radius 2 is 1.86 bits per heavy atom. The van der Waals surface area contributed by atoms with E-state index in [4.69, 9.17) is 4.52 Å². The molecular weight excluding hydrogens is 266 g/mol. The molecule has 0 spiro atoms. The Balaban J connectivity index is 2.10. The molecule has 1 unspecified atom stereocenters. The summed E-state index contributed by atoms with van der Waals surface area (Å²) in [5, 5.41) is 6.76. The van der Waals surface area contributed by atoms with E-state index in [1.807, 2.05) is 19.1 Å². The number of carbonyl (C=O) groups is 1. The molecule has 1 N–H and O–H groups in total. The third kappa shape index (κ3) is 3.68. The fourth-order valence-electron chi connectivity index (χ4n) is 1.67. The highest BCUT2D eigenvalue weighted by atomic mass is 16.5. The third-order valence-corrected chi connectivity index (χ3v) is 3.57. The number of amides is 1. The summed E-state index contributed by atoms with van der Waals surface area (Å²) in [6.07, 6.45) is 0. The maximum Gasteiger partial charge on any atom is 0.257 e. The van der Waals surface area contributed by atoms with Gasteiger partial charge in [0.15, 0.2) is 5.82 Å². The van der Waals surface area contributed by atoms with Crippen molar-refractivity contribution in [3.8, 4) is 11.5 Å². The van der Waals surface area contributed by atoms with Crippen LogP contribution in [0.1, 0.15) is 43.9 Å². The fraction of sp³-hybridized carbons (Fsp3) is 0.438. The monoisotopic (exact) mass is 287 g/mol. The van der Waals surface area contributed by atoms with E-state index < -0.39 is 0 Å². The van der Waals surface area contributed by atoms with Crippen LogP contribution in [-0.4, -0.2) is 22.1 Å². The summed E-state index contributed by atoms with van der Waals surface area (Å²) < 4.78 is 5.10. The minimum absolute atomic E-state index is 0.0247. The number of nitrogens with zero attached hydrogens (tertiary/aromatic N) is 2. The van der Waals surface area contributed by atoms with Crippen molar-refractivity contribution in [2.24, 2.45) is 5.41 Å². The first-order chi connectivity index (χ1) is 9.77. The van der Waals surface area contributed by atoms with Crippen molar-refractivity contribution in [2.45, 2.75) is 40.7 Å². The second kappa shape index (κ2) is 5.68. The molecule has 0 aliphatic carbocycles. The predicted molar refractivity (Wildman–Crippen MR) is 80.9 cm³/mol. The van der Waals surface area contributed by atoms with E-state index in [-0.39, 0.29) is 17.4 Å². The smallest absolute Gasteiger partial charge is 0.257 e. The maximum atomic E-state index is 12.2. The first kappa shape index (κ1) is 15.2. The summed E-state index contributed by atoms with van der Waals surface area (Å²) in [5.41, 5.74) is 1.44. The lowest BCUT2D eigenvalue weighted by Gasteiger charge is -2.28. The molecule has 0 fully saturated rings. The molecule has 1 heterocycles. The van der Waals surface area contributed by atoms with Crippen LogP contribution >= 0.6 is 0 Å². The molecule has 112 valence electrons. The predicted octanol–water partition coefficient (Wildman–Crippen LogP) is 3.21. The minimum atomic E-state index is -0.0781. The van der Waals surface area contributed by atoms with Crippen molar-refractivity contribution in [3.63, 3.8) is 0 Å². The molecule has 5 nitrogen and oxygen atoms in total. The molecule has 1 atom stereocenters. The van der Waals surface area contributed by atoms with Crippen LogP contribution in [0.5, 0.6) is 0 Å². The van der Waals surface area contributed by atoms with E-state index in [0.29, 0.717) is 17.3 Å². The van der Waals surface area contributed by atoms with Gasteiger partial charge in [0, 0.05) is 17.2 Å². The maximum absolute atomic E-state index is 12.2. The van der Waals surface area contributed by atoms with Gasteiger partial charge >= 0.3 is 0 Å². The normalized spacial score (nSPS) is 13.0. The Bertz CT molecular complexity index is 624. The fourth-order valence-corrected chi connectivity index (χ4v) is 1.67. The summed E-state index contributed by atoms with van der Waals surface area (Å²) in [4.78, 5) is 16.3. The molecule has 21 heavy (non-hydrogen) atoms. The first-order valence-electron chi connectivity index (χ1n) is 6.99. The number of aryl methyl sites for hydroxylation is 1. The van der Waals surface area contributed by atoms with Crippen molar-refractivity contribution < 1.29 is 9.32 Å². The highest BCUT2D eigenvalue weighted by Gasteiger charge is 2.22. The van der Waals surface area contributed by atoms with Crippen LogP contribution < -0.4 is 5.32 Å². The lowest BCUT2D eigenvalue weighted by atomic mass is 9.88. The van der Waals surface area contributed by atoms with Gasteiger partial charge in [0.2, 0.25) is 0 Å². The molecule has 0 saturated carbocycles. The Labute approximate surface area is 124 Å². The Morgan fingerprint density at radius 3 is 2.33 bits per heavy atom. The number of carbonyl (C=O) groups excluding carboxylic acids is 1. The van der Waals surface area contributed by atoms with Crippen LogP contribution in [0.15, 0.2) is 28.8 Å². The zero-order chi connectivity index (χ0) is 15.6. The standard InChI is InChI=1S/C16H21N3O2/c1-10(16(3,4)5)17-14(20)12-6-8-13(9-7-12)15-18-11(2)19-21-15/h6-10H,1-5H3,(H,17,20). The SMILES string of the molecule is Cc1noc(-c2ccc(C(=O)NC(C)C(C)(C)C)cc2)n1. The van der Waals surface area contributed by atoms with Crippen LogP contribution in [0, 0.1) is 12.3 Å². The van der Waals surface area contributed by atoms with Crippen LogP contribution in [0.4, 0.5) is 0 Å². The van der Waals surface area contributed by atoms with Crippen LogP contribution in [-0.2, 0) is 0 Å². The topological polar surface area (TPSA) is 68.0 Å². The highest BCUT2D eigenvalue weighted by molar-refractivity contribution is 5.94. The Hall–Kier alpha value is -2.17. The first-order valence-corrected chi connectivity index (χ1v) is 6.99. The molecule has 0 bridgehead atoms. The van der Waals surface area contributed by atoms with Crippen molar-refractivity contribution >= 4 is 5.91 Å². The Morgan fingerprint density at radius 1 is 1.24 bits per heavy atom. The molecule has 1 amide bonds. The molecule has 2 rings (SSSR count). The van der Waals surface area contributed by atoms with Gasteiger partial charge in [-0.1, -0.05) is 25.9 Å². The molecule has 1 aromatic carbocycles. The number of hydrogen-bond acceptors (Lipinski definition) is 4. The van der Waals surface area contributed by atoms with E-state index in [1.54, 1.807) is 19.1 Å². The number of nitrogens with one attached hydrogen (secondary N) is 1. The van der Waals surface area contributed by atoms with Gasteiger partial charge in [-0.2, -0.15) is 4.98 Å². The Kier molecular flexibility index (Phi) is 4.11. The third-order valence-electron chi connectivity index (χ3n) is 3.57. The second-order valence-corrected chi connectivity index (χ2v) is 6.29. The van der Waals surface area contributed by atoms with Gasteiger partial charge in [0.05, 0.1) is 0 Å².